The van der Waals surface area contributed by atoms with Gasteiger partial charge in [-0.15, -0.1) is 22.0 Å². The van der Waals surface area contributed by atoms with Crippen LogP contribution in [0.2, 0.25) is 10.2 Å². The van der Waals surface area contributed by atoms with Crippen LogP contribution in [-0.2, 0) is 0 Å². The summed E-state index contributed by atoms with van der Waals surface area (Å²) in [5.74, 6) is 0. The van der Waals surface area contributed by atoms with Gasteiger partial charge in [0.25, 0.3) is 0 Å². The molecule has 0 N–H and O–H groups in total. The number of halogens is 2. The SMILES string of the molecule is CSc1nnnc(Cl)c1Cl. The molecule has 0 unspecified atom stereocenters. The second-order valence-electron chi connectivity index (χ2n) is 1.40. The summed E-state index contributed by atoms with van der Waals surface area (Å²) in [4.78, 5) is 0. The molecule has 1 rings (SSSR count). The van der Waals surface area contributed by atoms with Crippen molar-refractivity contribution in [3.8, 4) is 0 Å². The summed E-state index contributed by atoms with van der Waals surface area (Å²) in [6.07, 6.45) is 1.84. The number of hydrogen-bond donors (Lipinski definition) is 0. The minimum atomic E-state index is 0.195. The second kappa shape index (κ2) is 3.37. The predicted molar refractivity (Wildman–Crippen MR) is 41.6 cm³/mol. The van der Waals surface area contributed by atoms with Crippen LogP contribution in [0.15, 0.2) is 5.03 Å². The number of rotatable bonds is 1. The summed E-state index contributed by atoms with van der Waals surface area (Å²) in [5, 5.41) is 11.6. The molecule has 0 radical (unpaired) electrons. The van der Waals surface area contributed by atoms with E-state index in [1.807, 2.05) is 6.26 Å². The first kappa shape index (κ1) is 8.04. The number of thioether (sulfide) groups is 1. The lowest BCUT2D eigenvalue weighted by Crippen LogP contribution is -1.90. The van der Waals surface area contributed by atoms with Gasteiger partial charge in [0, 0.05) is 0 Å². The van der Waals surface area contributed by atoms with Crippen LogP contribution in [0.25, 0.3) is 0 Å². The van der Waals surface area contributed by atoms with Crippen LogP contribution < -0.4 is 0 Å². The minimum absolute atomic E-state index is 0.195. The molecule has 3 nitrogen and oxygen atoms in total. The maximum absolute atomic E-state index is 5.68. The Labute approximate surface area is 72.1 Å². The first-order valence-corrected chi connectivity index (χ1v) is 4.32. The fraction of sp³-hybridized carbons (Fsp3) is 0.250. The normalized spacial score (nSPS) is 9.90. The van der Waals surface area contributed by atoms with E-state index in [0.717, 1.165) is 0 Å². The topological polar surface area (TPSA) is 38.7 Å². The molecule has 0 saturated heterocycles. The lowest BCUT2D eigenvalue weighted by Gasteiger charge is -1.95. The molecule has 0 aliphatic carbocycles. The lowest BCUT2D eigenvalue weighted by molar-refractivity contribution is 0.806. The molecule has 0 atom stereocenters. The van der Waals surface area contributed by atoms with Crippen molar-refractivity contribution in [2.45, 2.75) is 5.03 Å². The molecule has 0 bridgehead atoms. The Morgan fingerprint density at radius 1 is 1.30 bits per heavy atom. The molecular formula is C4H3Cl2N3S. The van der Waals surface area contributed by atoms with Crippen LogP contribution in [0.4, 0.5) is 0 Å². The van der Waals surface area contributed by atoms with E-state index in [1.54, 1.807) is 0 Å². The molecule has 0 aliphatic heterocycles. The molecule has 1 aromatic heterocycles. The molecule has 0 spiro atoms. The van der Waals surface area contributed by atoms with Gasteiger partial charge in [-0.1, -0.05) is 23.2 Å². The van der Waals surface area contributed by atoms with Gasteiger partial charge in [0.2, 0.25) is 0 Å². The van der Waals surface area contributed by atoms with Gasteiger partial charge in [0.1, 0.15) is 10.0 Å². The van der Waals surface area contributed by atoms with E-state index in [-0.39, 0.29) is 5.15 Å². The van der Waals surface area contributed by atoms with Crippen molar-refractivity contribution in [2.75, 3.05) is 6.26 Å². The van der Waals surface area contributed by atoms with Gasteiger partial charge in [-0.3, -0.25) is 0 Å². The van der Waals surface area contributed by atoms with E-state index >= 15 is 0 Å². The standard InChI is InChI=1S/C4H3Cl2N3S/c1-10-4-2(5)3(6)7-9-8-4/h1H3. The van der Waals surface area contributed by atoms with E-state index in [1.165, 1.54) is 11.8 Å². The Balaban J connectivity index is 3.14. The summed E-state index contributed by atoms with van der Waals surface area (Å²) in [7, 11) is 0. The van der Waals surface area contributed by atoms with Gasteiger partial charge in [0.05, 0.1) is 0 Å². The van der Waals surface area contributed by atoms with Crippen molar-refractivity contribution < 1.29 is 0 Å². The molecule has 0 saturated carbocycles. The summed E-state index contributed by atoms with van der Waals surface area (Å²) >= 11 is 12.6. The van der Waals surface area contributed by atoms with Crippen molar-refractivity contribution in [2.24, 2.45) is 0 Å². The highest BCUT2D eigenvalue weighted by Gasteiger charge is 2.05. The molecule has 0 fully saturated rings. The fourth-order valence-corrected chi connectivity index (χ4v) is 1.29. The third-order valence-electron chi connectivity index (χ3n) is 0.830. The molecule has 6 heteroatoms. The van der Waals surface area contributed by atoms with E-state index in [0.29, 0.717) is 10.0 Å². The zero-order chi connectivity index (χ0) is 7.56. The van der Waals surface area contributed by atoms with E-state index in [9.17, 15) is 0 Å². The first-order chi connectivity index (χ1) is 4.75. The predicted octanol–water partition coefficient (Wildman–Crippen LogP) is 1.90. The highest BCUT2D eigenvalue weighted by Crippen LogP contribution is 2.26. The van der Waals surface area contributed by atoms with Gasteiger partial charge < -0.3 is 0 Å². The van der Waals surface area contributed by atoms with Crippen LogP contribution in [0.5, 0.6) is 0 Å². The average Bonchev–Trinajstić information content (AvgIpc) is 1.95. The molecular weight excluding hydrogens is 193 g/mol. The Bertz CT molecular complexity index is 242. The highest BCUT2D eigenvalue weighted by molar-refractivity contribution is 7.98. The van der Waals surface area contributed by atoms with E-state index in [2.05, 4.69) is 15.4 Å². The van der Waals surface area contributed by atoms with E-state index < -0.39 is 0 Å². The Kier molecular flexibility index (Phi) is 2.71. The number of aromatic nitrogens is 3. The smallest absolute Gasteiger partial charge is 0.122 e. The molecule has 1 heterocycles. The fourth-order valence-electron chi connectivity index (χ4n) is 0.409. The highest BCUT2D eigenvalue weighted by atomic mass is 35.5. The molecule has 10 heavy (non-hydrogen) atoms. The zero-order valence-electron chi connectivity index (χ0n) is 5.01. The van der Waals surface area contributed by atoms with Crippen molar-refractivity contribution in [3.63, 3.8) is 0 Å². The zero-order valence-corrected chi connectivity index (χ0v) is 7.33. The van der Waals surface area contributed by atoms with Crippen molar-refractivity contribution in [3.05, 3.63) is 10.2 Å². The summed E-state index contributed by atoms with van der Waals surface area (Å²) in [5.41, 5.74) is 0. The summed E-state index contributed by atoms with van der Waals surface area (Å²) in [6.45, 7) is 0. The van der Waals surface area contributed by atoms with Gasteiger partial charge in [-0.25, -0.2) is 0 Å². The van der Waals surface area contributed by atoms with Crippen LogP contribution in [-0.4, -0.2) is 21.7 Å². The number of nitrogens with zero attached hydrogens (tertiary/aromatic N) is 3. The monoisotopic (exact) mass is 195 g/mol. The third-order valence-corrected chi connectivity index (χ3v) is 2.33. The van der Waals surface area contributed by atoms with Crippen molar-refractivity contribution >= 4 is 35.0 Å². The third kappa shape index (κ3) is 1.51. The van der Waals surface area contributed by atoms with Gasteiger partial charge in [-0.05, 0) is 11.5 Å². The number of hydrogen-bond acceptors (Lipinski definition) is 4. The quantitative estimate of drug-likeness (QED) is 0.643. The van der Waals surface area contributed by atoms with Crippen molar-refractivity contribution in [1.82, 2.24) is 15.4 Å². The van der Waals surface area contributed by atoms with Crippen LogP contribution in [0.3, 0.4) is 0 Å². The van der Waals surface area contributed by atoms with Crippen LogP contribution >= 0.6 is 35.0 Å². The van der Waals surface area contributed by atoms with Gasteiger partial charge >= 0.3 is 0 Å². The maximum Gasteiger partial charge on any atom is 0.174 e. The molecule has 0 aliphatic rings. The second-order valence-corrected chi connectivity index (χ2v) is 2.93. The molecule has 54 valence electrons. The van der Waals surface area contributed by atoms with Gasteiger partial charge in [0.15, 0.2) is 5.15 Å². The average molecular weight is 196 g/mol. The summed E-state index contributed by atoms with van der Waals surface area (Å²) < 4.78 is 0. The Morgan fingerprint density at radius 3 is 2.50 bits per heavy atom. The Hall–Kier alpha value is -0.0600. The summed E-state index contributed by atoms with van der Waals surface area (Å²) in [6, 6.07) is 0. The largest absolute Gasteiger partial charge is 0.174 e. The minimum Gasteiger partial charge on any atom is -0.122 e. The van der Waals surface area contributed by atoms with Crippen LogP contribution in [0, 0.1) is 0 Å². The van der Waals surface area contributed by atoms with E-state index in [4.69, 9.17) is 23.2 Å². The van der Waals surface area contributed by atoms with Crippen molar-refractivity contribution in [1.29, 1.82) is 0 Å². The first-order valence-electron chi connectivity index (χ1n) is 2.34. The van der Waals surface area contributed by atoms with Gasteiger partial charge in [-0.2, -0.15) is 0 Å². The molecule has 0 aromatic carbocycles. The van der Waals surface area contributed by atoms with Crippen LogP contribution in [0.1, 0.15) is 0 Å². The maximum atomic E-state index is 5.68. The Morgan fingerprint density at radius 2 is 2.00 bits per heavy atom. The lowest BCUT2D eigenvalue weighted by atomic mass is 10.7. The molecule has 1 aromatic rings. The molecule has 0 amide bonds.